The summed E-state index contributed by atoms with van der Waals surface area (Å²) in [6.45, 7) is 8.00. The number of hydrogen-bond acceptors (Lipinski definition) is 0. The van der Waals surface area contributed by atoms with Gasteiger partial charge in [0.1, 0.15) is 0 Å². The summed E-state index contributed by atoms with van der Waals surface area (Å²) in [6, 6.07) is 0. The molecule has 0 nitrogen and oxygen atoms in total. The van der Waals surface area contributed by atoms with E-state index in [2.05, 4.69) is 0 Å². The van der Waals surface area contributed by atoms with Gasteiger partial charge in [0.05, 0.1) is 0 Å². The molecule has 0 N–H and O–H groups in total. The Labute approximate surface area is 58.2 Å². The van der Waals surface area contributed by atoms with Crippen LogP contribution in [0.25, 0.3) is 0 Å². The molecular formula is C6H14Cu. The zero-order valence-corrected chi connectivity index (χ0v) is 6.40. The molecule has 0 aliphatic carbocycles. The fraction of sp³-hybridized carbons (Fsp3) is 0.667. The Morgan fingerprint density at radius 3 is 0.714 bits per heavy atom. The zero-order valence-electron chi connectivity index (χ0n) is 5.46. The van der Waals surface area contributed by atoms with Gasteiger partial charge in [-0.05, 0) is 0 Å². The third-order valence-electron chi connectivity index (χ3n) is 0. The summed E-state index contributed by atoms with van der Waals surface area (Å²) in [7, 11) is 0. The molecule has 0 fully saturated rings. The van der Waals surface area contributed by atoms with Crippen LogP contribution in [0.2, 0.25) is 0 Å². The summed E-state index contributed by atoms with van der Waals surface area (Å²) in [5, 5.41) is 0. The molecule has 0 aliphatic heterocycles. The molecule has 0 aromatic carbocycles. The smallest absolute Gasteiger partial charge is 0.335 e. The van der Waals surface area contributed by atoms with Gasteiger partial charge in [-0.15, -0.1) is 0 Å². The van der Waals surface area contributed by atoms with Crippen LogP contribution in [0.4, 0.5) is 0 Å². The van der Waals surface area contributed by atoms with Crippen molar-refractivity contribution in [1.29, 1.82) is 0 Å². The molecule has 0 heterocycles. The summed E-state index contributed by atoms with van der Waals surface area (Å²) in [6.07, 6.45) is 4.00. The van der Waals surface area contributed by atoms with Crippen LogP contribution < -0.4 is 0 Å². The van der Waals surface area contributed by atoms with E-state index in [1.807, 2.05) is 40.5 Å². The van der Waals surface area contributed by atoms with Gasteiger partial charge in [0.15, 0.2) is 0 Å². The molecule has 0 bridgehead atoms. The van der Waals surface area contributed by atoms with Crippen LogP contribution in [-0.2, 0) is 17.1 Å². The Morgan fingerprint density at radius 1 is 0.714 bits per heavy atom. The van der Waals surface area contributed by atoms with Crippen molar-refractivity contribution in [2.75, 3.05) is 0 Å². The van der Waals surface area contributed by atoms with Gasteiger partial charge in [-0.3, -0.25) is 0 Å². The first-order valence-electron chi connectivity index (χ1n) is 2.31. The van der Waals surface area contributed by atoms with Crippen LogP contribution in [0.3, 0.4) is 0 Å². The molecule has 0 saturated carbocycles. The first-order valence-corrected chi connectivity index (χ1v) is 2.31. The minimum Gasteiger partial charge on any atom is -0.335 e. The van der Waals surface area contributed by atoms with Crippen molar-refractivity contribution in [3.05, 3.63) is 12.8 Å². The summed E-state index contributed by atoms with van der Waals surface area (Å²) >= 11 is 0. The molecule has 0 rings (SSSR count). The maximum atomic E-state index is 2.00. The Bertz CT molecular complexity index is 6.14. The maximum absolute atomic E-state index is 2.00. The fourth-order valence-corrected chi connectivity index (χ4v) is 0. The molecule has 0 aromatic rings. The first-order chi connectivity index (χ1) is 2.83. The van der Waals surface area contributed by atoms with Gasteiger partial charge in [0.25, 0.3) is 0 Å². The van der Waals surface area contributed by atoms with Crippen molar-refractivity contribution < 1.29 is 17.1 Å². The average Bonchev–Trinajstić information content (AvgIpc) is 1.39. The molecule has 0 aromatic heterocycles. The van der Waals surface area contributed by atoms with Crippen LogP contribution >= 0.6 is 0 Å². The zero-order chi connectivity index (χ0) is 5.41. The Hall–Kier alpha value is 0.519. The quantitative estimate of drug-likeness (QED) is 0.367. The molecule has 0 atom stereocenters. The second-order valence-corrected chi connectivity index (χ2v) is 1.15. The molecule has 1 radical (unpaired) electrons. The van der Waals surface area contributed by atoms with Crippen molar-refractivity contribution >= 4 is 0 Å². The van der Waals surface area contributed by atoms with Gasteiger partial charge in [-0.25, -0.2) is 0 Å². The van der Waals surface area contributed by atoms with Gasteiger partial charge < -0.3 is 12.8 Å². The van der Waals surface area contributed by atoms with Crippen LogP contribution in [0.1, 0.15) is 27.7 Å². The number of hydrogen-bond donors (Lipinski definition) is 0. The van der Waals surface area contributed by atoms with E-state index in [-0.39, 0.29) is 17.1 Å². The van der Waals surface area contributed by atoms with Crippen LogP contribution in [-0.4, -0.2) is 0 Å². The van der Waals surface area contributed by atoms with Gasteiger partial charge in [0.2, 0.25) is 0 Å². The van der Waals surface area contributed by atoms with Crippen LogP contribution in [0.15, 0.2) is 0 Å². The Morgan fingerprint density at radius 2 is 0.714 bits per heavy atom. The third-order valence-corrected chi connectivity index (χ3v) is 0. The average molecular weight is 150 g/mol. The SMILES string of the molecule is C[CH-]C.C[CH-]C.[Cu+2]. The van der Waals surface area contributed by atoms with E-state index in [0.29, 0.717) is 0 Å². The maximum Gasteiger partial charge on any atom is 2.00 e. The molecule has 0 aliphatic rings. The second-order valence-electron chi connectivity index (χ2n) is 1.15. The van der Waals surface area contributed by atoms with Crippen molar-refractivity contribution in [1.82, 2.24) is 0 Å². The van der Waals surface area contributed by atoms with Gasteiger partial charge in [-0.1, -0.05) is 0 Å². The van der Waals surface area contributed by atoms with E-state index in [1.165, 1.54) is 0 Å². The van der Waals surface area contributed by atoms with Crippen molar-refractivity contribution in [2.45, 2.75) is 27.7 Å². The van der Waals surface area contributed by atoms with E-state index in [0.717, 1.165) is 0 Å². The van der Waals surface area contributed by atoms with Gasteiger partial charge >= 0.3 is 17.1 Å². The standard InChI is InChI=1S/2C3H7.Cu/c2*1-3-2;/h2*3H,1-2H3;/q2*-1;+2. The summed E-state index contributed by atoms with van der Waals surface area (Å²) in [5.41, 5.74) is 0. The predicted molar refractivity (Wildman–Crippen MR) is 31.3 cm³/mol. The van der Waals surface area contributed by atoms with E-state index in [4.69, 9.17) is 0 Å². The van der Waals surface area contributed by atoms with E-state index < -0.39 is 0 Å². The topological polar surface area (TPSA) is 0 Å². The first kappa shape index (κ1) is 15.6. The fourth-order valence-electron chi connectivity index (χ4n) is 0. The van der Waals surface area contributed by atoms with Gasteiger partial charge in [-0.2, -0.15) is 27.7 Å². The molecule has 0 amide bonds. The summed E-state index contributed by atoms with van der Waals surface area (Å²) in [5.74, 6) is 0. The Kier molecular flexibility index (Phi) is 69.9. The van der Waals surface area contributed by atoms with Crippen molar-refractivity contribution in [3.63, 3.8) is 0 Å². The van der Waals surface area contributed by atoms with E-state index in [1.54, 1.807) is 0 Å². The monoisotopic (exact) mass is 149 g/mol. The molecule has 49 valence electrons. The van der Waals surface area contributed by atoms with Crippen molar-refractivity contribution in [2.24, 2.45) is 0 Å². The third kappa shape index (κ3) is 493. The number of rotatable bonds is 0. The van der Waals surface area contributed by atoms with Crippen LogP contribution in [0.5, 0.6) is 0 Å². The summed E-state index contributed by atoms with van der Waals surface area (Å²) in [4.78, 5) is 0. The normalized spacial score (nSPS) is 5.14. The molecule has 1 heteroatoms. The predicted octanol–water partition coefficient (Wildman–Crippen LogP) is 2.46. The molecule has 0 spiro atoms. The largest absolute Gasteiger partial charge is 2.00 e. The van der Waals surface area contributed by atoms with Gasteiger partial charge in [0, 0.05) is 0 Å². The molecule has 0 unspecified atom stereocenters. The Balaban J connectivity index is -0.0000000400. The molecular weight excluding hydrogens is 136 g/mol. The molecule has 7 heavy (non-hydrogen) atoms. The minimum absolute atomic E-state index is 0. The second kappa shape index (κ2) is 31.3. The van der Waals surface area contributed by atoms with Crippen LogP contribution in [0, 0.1) is 12.8 Å². The summed E-state index contributed by atoms with van der Waals surface area (Å²) < 4.78 is 0. The van der Waals surface area contributed by atoms with E-state index >= 15 is 0 Å². The molecule has 0 saturated heterocycles. The minimum atomic E-state index is 0. The van der Waals surface area contributed by atoms with E-state index in [9.17, 15) is 0 Å². The van der Waals surface area contributed by atoms with Crippen molar-refractivity contribution in [3.8, 4) is 0 Å².